The predicted molar refractivity (Wildman–Crippen MR) is 76.1 cm³/mol. The predicted octanol–water partition coefficient (Wildman–Crippen LogP) is 1.84. The van der Waals surface area contributed by atoms with Crippen LogP contribution in [-0.2, 0) is 4.79 Å². The van der Waals surface area contributed by atoms with E-state index in [-0.39, 0.29) is 18.1 Å². The molecule has 1 saturated heterocycles. The monoisotopic (exact) mass is 262 g/mol. The van der Waals surface area contributed by atoms with Crippen molar-refractivity contribution < 1.29 is 9.90 Å². The summed E-state index contributed by atoms with van der Waals surface area (Å²) in [5, 5.41) is 12.7. The van der Waals surface area contributed by atoms with Gasteiger partial charge in [-0.1, -0.05) is 19.1 Å². The summed E-state index contributed by atoms with van der Waals surface area (Å²) in [4.78, 5) is 13.3. The van der Waals surface area contributed by atoms with Gasteiger partial charge in [-0.2, -0.15) is 0 Å². The molecule has 1 amide bonds. The van der Waals surface area contributed by atoms with Crippen molar-refractivity contribution in [3.63, 3.8) is 0 Å². The molecular formula is C15H22N2O2. The first-order valence-electron chi connectivity index (χ1n) is 6.90. The number of carbonyl (C=O) groups is 1. The third-order valence-electron chi connectivity index (χ3n) is 3.63. The van der Waals surface area contributed by atoms with E-state index in [4.69, 9.17) is 0 Å². The third-order valence-corrected chi connectivity index (χ3v) is 3.63. The average Bonchev–Trinajstić information content (AvgIpc) is 2.85. The molecule has 0 saturated carbocycles. The van der Waals surface area contributed by atoms with Crippen LogP contribution in [0.15, 0.2) is 24.3 Å². The first kappa shape index (κ1) is 13.9. The normalized spacial score (nSPS) is 20.4. The highest BCUT2D eigenvalue weighted by Crippen LogP contribution is 2.23. The molecule has 2 rings (SSSR count). The SMILES string of the molecule is CCC(O)c1ccc(N2CCC(NC(C)=O)C2)cc1. The van der Waals surface area contributed by atoms with Crippen LogP contribution in [0.3, 0.4) is 0 Å². The van der Waals surface area contributed by atoms with E-state index in [0.29, 0.717) is 0 Å². The Morgan fingerprint density at radius 3 is 2.74 bits per heavy atom. The maximum Gasteiger partial charge on any atom is 0.217 e. The molecule has 1 aromatic carbocycles. The minimum absolute atomic E-state index is 0.0354. The van der Waals surface area contributed by atoms with E-state index in [1.807, 2.05) is 31.2 Å². The summed E-state index contributed by atoms with van der Waals surface area (Å²) in [5.41, 5.74) is 2.11. The fourth-order valence-electron chi connectivity index (χ4n) is 2.54. The Labute approximate surface area is 114 Å². The number of benzene rings is 1. The van der Waals surface area contributed by atoms with Gasteiger partial charge in [0, 0.05) is 31.7 Å². The van der Waals surface area contributed by atoms with Crippen LogP contribution in [0.2, 0.25) is 0 Å². The van der Waals surface area contributed by atoms with Crippen molar-refractivity contribution in [2.24, 2.45) is 0 Å². The molecule has 0 radical (unpaired) electrons. The van der Waals surface area contributed by atoms with Crippen LogP contribution in [0.1, 0.15) is 38.4 Å². The van der Waals surface area contributed by atoms with Crippen LogP contribution >= 0.6 is 0 Å². The van der Waals surface area contributed by atoms with Gasteiger partial charge < -0.3 is 15.3 Å². The van der Waals surface area contributed by atoms with Gasteiger partial charge in [-0.3, -0.25) is 4.79 Å². The van der Waals surface area contributed by atoms with Crippen molar-refractivity contribution in [3.8, 4) is 0 Å². The molecule has 1 aromatic rings. The van der Waals surface area contributed by atoms with E-state index in [1.54, 1.807) is 6.92 Å². The third kappa shape index (κ3) is 3.47. The van der Waals surface area contributed by atoms with Crippen LogP contribution in [0.25, 0.3) is 0 Å². The number of rotatable bonds is 4. The Bertz CT molecular complexity index is 430. The summed E-state index contributed by atoms with van der Waals surface area (Å²) >= 11 is 0. The molecule has 2 atom stereocenters. The van der Waals surface area contributed by atoms with E-state index in [9.17, 15) is 9.90 Å². The number of aliphatic hydroxyl groups excluding tert-OH is 1. The van der Waals surface area contributed by atoms with Crippen LogP contribution in [-0.4, -0.2) is 30.1 Å². The molecule has 4 nitrogen and oxygen atoms in total. The molecule has 1 aliphatic heterocycles. The smallest absolute Gasteiger partial charge is 0.217 e. The van der Waals surface area contributed by atoms with E-state index >= 15 is 0 Å². The maximum absolute atomic E-state index is 11.0. The zero-order chi connectivity index (χ0) is 13.8. The molecule has 19 heavy (non-hydrogen) atoms. The van der Waals surface area contributed by atoms with Crippen LogP contribution < -0.4 is 10.2 Å². The standard InChI is InChI=1S/C15H22N2O2/c1-3-15(19)12-4-6-14(7-5-12)17-9-8-13(10-17)16-11(2)18/h4-7,13,15,19H,3,8-10H2,1-2H3,(H,16,18). The van der Waals surface area contributed by atoms with Crippen molar-refractivity contribution >= 4 is 11.6 Å². The number of hydrogen-bond acceptors (Lipinski definition) is 3. The van der Waals surface area contributed by atoms with Crippen molar-refractivity contribution in [2.75, 3.05) is 18.0 Å². The van der Waals surface area contributed by atoms with Gasteiger partial charge in [0.05, 0.1) is 6.10 Å². The number of nitrogens with zero attached hydrogens (tertiary/aromatic N) is 1. The van der Waals surface area contributed by atoms with Gasteiger partial charge >= 0.3 is 0 Å². The van der Waals surface area contributed by atoms with Crippen molar-refractivity contribution in [1.82, 2.24) is 5.32 Å². The van der Waals surface area contributed by atoms with Gasteiger partial charge in [-0.05, 0) is 30.5 Å². The van der Waals surface area contributed by atoms with Gasteiger partial charge in [0.2, 0.25) is 5.91 Å². The van der Waals surface area contributed by atoms with Crippen LogP contribution in [0.4, 0.5) is 5.69 Å². The van der Waals surface area contributed by atoms with Crippen molar-refractivity contribution in [2.45, 2.75) is 38.8 Å². The van der Waals surface area contributed by atoms with Gasteiger partial charge in [-0.25, -0.2) is 0 Å². The summed E-state index contributed by atoms with van der Waals surface area (Å²) in [6.07, 6.45) is 1.34. The fourth-order valence-corrected chi connectivity index (χ4v) is 2.54. The van der Waals surface area contributed by atoms with Crippen molar-refractivity contribution in [3.05, 3.63) is 29.8 Å². The second-order valence-electron chi connectivity index (χ2n) is 5.15. The Balaban J connectivity index is 1.98. The minimum Gasteiger partial charge on any atom is -0.388 e. The van der Waals surface area contributed by atoms with Gasteiger partial charge in [0.15, 0.2) is 0 Å². The maximum atomic E-state index is 11.0. The number of amides is 1. The lowest BCUT2D eigenvalue weighted by atomic mass is 10.1. The average molecular weight is 262 g/mol. The van der Waals surface area contributed by atoms with Crippen LogP contribution in [0.5, 0.6) is 0 Å². The lowest BCUT2D eigenvalue weighted by molar-refractivity contribution is -0.119. The van der Waals surface area contributed by atoms with E-state index < -0.39 is 0 Å². The Hall–Kier alpha value is -1.55. The molecule has 1 fully saturated rings. The number of nitrogens with one attached hydrogen (secondary N) is 1. The summed E-state index contributed by atoms with van der Waals surface area (Å²) in [6, 6.07) is 8.30. The van der Waals surface area contributed by atoms with E-state index in [0.717, 1.165) is 37.2 Å². The summed E-state index contributed by atoms with van der Waals surface area (Å²) < 4.78 is 0. The number of aliphatic hydroxyl groups is 1. The molecule has 0 aromatic heterocycles. The molecule has 104 valence electrons. The first-order chi connectivity index (χ1) is 9.10. The Kier molecular flexibility index (Phi) is 4.43. The molecule has 1 aliphatic rings. The summed E-state index contributed by atoms with van der Waals surface area (Å²) in [5.74, 6) is 0.0354. The second-order valence-corrected chi connectivity index (χ2v) is 5.15. The summed E-state index contributed by atoms with van der Waals surface area (Å²) in [6.45, 7) is 5.34. The molecule has 1 heterocycles. The van der Waals surface area contributed by atoms with E-state index in [2.05, 4.69) is 10.2 Å². The molecular weight excluding hydrogens is 240 g/mol. The summed E-state index contributed by atoms with van der Waals surface area (Å²) in [7, 11) is 0. The highest BCUT2D eigenvalue weighted by atomic mass is 16.3. The molecule has 4 heteroatoms. The quantitative estimate of drug-likeness (QED) is 0.870. The Morgan fingerprint density at radius 1 is 1.47 bits per heavy atom. The van der Waals surface area contributed by atoms with Gasteiger partial charge in [0.1, 0.15) is 0 Å². The number of hydrogen-bond donors (Lipinski definition) is 2. The topological polar surface area (TPSA) is 52.6 Å². The highest BCUT2D eigenvalue weighted by molar-refractivity contribution is 5.73. The second kappa shape index (κ2) is 6.06. The minimum atomic E-state index is -0.375. The first-order valence-corrected chi connectivity index (χ1v) is 6.90. The largest absolute Gasteiger partial charge is 0.388 e. The Morgan fingerprint density at radius 2 is 2.16 bits per heavy atom. The zero-order valence-electron chi connectivity index (χ0n) is 11.6. The molecule has 0 bridgehead atoms. The van der Waals surface area contributed by atoms with Crippen LogP contribution in [0, 0.1) is 0 Å². The van der Waals surface area contributed by atoms with Gasteiger partial charge in [0.25, 0.3) is 0 Å². The molecule has 0 aliphatic carbocycles. The number of carbonyl (C=O) groups excluding carboxylic acids is 1. The highest BCUT2D eigenvalue weighted by Gasteiger charge is 2.23. The lowest BCUT2D eigenvalue weighted by Crippen LogP contribution is -2.35. The molecule has 0 spiro atoms. The lowest BCUT2D eigenvalue weighted by Gasteiger charge is -2.19. The van der Waals surface area contributed by atoms with Gasteiger partial charge in [-0.15, -0.1) is 0 Å². The molecule has 2 N–H and O–H groups in total. The molecule has 2 unspecified atom stereocenters. The van der Waals surface area contributed by atoms with E-state index in [1.165, 1.54) is 0 Å². The zero-order valence-corrected chi connectivity index (χ0v) is 11.6. The number of anilines is 1. The van der Waals surface area contributed by atoms with Crippen molar-refractivity contribution in [1.29, 1.82) is 0 Å². The fraction of sp³-hybridized carbons (Fsp3) is 0.533.